The van der Waals surface area contributed by atoms with E-state index in [0.717, 1.165) is 31.6 Å². The van der Waals surface area contributed by atoms with Gasteiger partial charge in [0.25, 0.3) is 0 Å². The molecule has 1 aromatic rings. The maximum absolute atomic E-state index is 5.41. The minimum absolute atomic E-state index is 0.728. The van der Waals surface area contributed by atoms with E-state index in [1.807, 2.05) is 11.8 Å². The summed E-state index contributed by atoms with van der Waals surface area (Å²) in [4.78, 5) is 1.43. The molecule has 1 saturated heterocycles. The Labute approximate surface area is 108 Å². The van der Waals surface area contributed by atoms with Crippen LogP contribution >= 0.6 is 11.8 Å². The van der Waals surface area contributed by atoms with E-state index < -0.39 is 0 Å². The molecule has 0 saturated carbocycles. The van der Waals surface area contributed by atoms with Crippen LogP contribution in [-0.4, -0.2) is 25.0 Å². The van der Waals surface area contributed by atoms with E-state index in [-0.39, 0.29) is 0 Å². The fourth-order valence-electron chi connectivity index (χ4n) is 2.00. The van der Waals surface area contributed by atoms with Crippen molar-refractivity contribution in [3.8, 4) is 0 Å². The van der Waals surface area contributed by atoms with Crippen molar-refractivity contribution in [2.75, 3.05) is 19.8 Å². The van der Waals surface area contributed by atoms with Crippen LogP contribution in [0.5, 0.6) is 0 Å². The Morgan fingerprint density at radius 1 is 1.29 bits per heavy atom. The van der Waals surface area contributed by atoms with Crippen molar-refractivity contribution < 1.29 is 4.74 Å². The fourth-order valence-corrected chi connectivity index (χ4v) is 3.23. The average molecular weight is 251 g/mol. The summed E-state index contributed by atoms with van der Waals surface area (Å²) < 4.78 is 5.41. The number of nitrogens with one attached hydrogen (secondary N) is 1. The molecule has 17 heavy (non-hydrogen) atoms. The van der Waals surface area contributed by atoms with Gasteiger partial charge in [0.05, 0.1) is 0 Å². The first-order chi connectivity index (χ1) is 8.40. The molecule has 1 aromatic carbocycles. The molecule has 1 aliphatic rings. The van der Waals surface area contributed by atoms with Crippen molar-refractivity contribution >= 4 is 11.8 Å². The lowest BCUT2D eigenvalue weighted by Crippen LogP contribution is -2.18. The molecule has 1 heterocycles. The fraction of sp³-hybridized carbons (Fsp3) is 0.571. The van der Waals surface area contributed by atoms with Gasteiger partial charge in [0.1, 0.15) is 0 Å². The zero-order valence-electron chi connectivity index (χ0n) is 10.4. The van der Waals surface area contributed by atoms with Gasteiger partial charge in [-0.3, -0.25) is 0 Å². The van der Waals surface area contributed by atoms with Gasteiger partial charge in [-0.2, -0.15) is 0 Å². The summed E-state index contributed by atoms with van der Waals surface area (Å²) in [5.41, 5.74) is 1.42. The monoisotopic (exact) mass is 251 g/mol. The first-order valence-electron chi connectivity index (χ1n) is 6.43. The second kappa shape index (κ2) is 7.04. The van der Waals surface area contributed by atoms with Crippen molar-refractivity contribution in [3.63, 3.8) is 0 Å². The third-order valence-electron chi connectivity index (χ3n) is 3.00. The maximum Gasteiger partial charge on any atom is 0.0476 e. The van der Waals surface area contributed by atoms with Crippen LogP contribution in [0.3, 0.4) is 0 Å². The quantitative estimate of drug-likeness (QED) is 0.869. The summed E-state index contributed by atoms with van der Waals surface area (Å²) in [5, 5.41) is 4.13. The number of hydrogen-bond donors (Lipinski definition) is 1. The predicted octanol–water partition coefficient (Wildman–Crippen LogP) is 3.07. The number of rotatable bonds is 5. The van der Waals surface area contributed by atoms with E-state index in [9.17, 15) is 0 Å². The molecule has 0 radical (unpaired) electrons. The van der Waals surface area contributed by atoms with Crippen LogP contribution in [0.4, 0.5) is 0 Å². The van der Waals surface area contributed by atoms with Crippen LogP contribution < -0.4 is 5.32 Å². The highest BCUT2D eigenvalue weighted by molar-refractivity contribution is 8.00. The zero-order chi connectivity index (χ0) is 11.9. The van der Waals surface area contributed by atoms with Crippen LogP contribution in [0.1, 0.15) is 25.3 Å². The molecule has 0 amide bonds. The Bertz CT molecular complexity index is 337. The molecule has 0 aliphatic carbocycles. The lowest BCUT2D eigenvalue weighted by Gasteiger charge is -2.22. The Hall–Kier alpha value is -0.510. The Morgan fingerprint density at radius 3 is 2.82 bits per heavy atom. The zero-order valence-corrected chi connectivity index (χ0v) is 11.3. The molecule has 0 unspecified atom stereocenters. The number of thioether (sulfide) groups is 1. The minimum atomic E-state index is 0.728. The molecule has 1 aliphatic heterocycles. The average Bonchev–Trinajstić information content (AvgIpc) is 2.39. The van der Waals surface area contributed by atoms with Crippen LogP contribution in [0.25, 0.3) is 0 Å². The number of hydrogen-bond acceptors (Lipinski definition) is 3. The molecule has 94 valence electrons. The highest BCUT2D eigenvalue weighted by Crippen LogP contribution is 2.31. The van der Waals surface area contributed by atoms with Gasteiger partial charge in [-0.1, -0.05) is 25.1 Å². The summed E-state index contributed by atoms with van der Waals surface area (Å²) in [6, 6.07) is 8.73. The molecule has 1 N–H and O–H groups in total. The summed E-state index contributed by atoms with van der Waals surface area (Å²) in [6.45, 7) is 5.99. The smallest absolute Gasteiger partial charge is 0.0476 e. The lowest BCUT2D eigenvalue weighted by atomic mass is 10.2. The Balaban J connectivity index is 1.98. The van der Waals surface area contributed by atoms with Gasteiger partial charge < -0.3 is 10.1 Å². The molecule has 0 spiro atoms. The standard InChI is InChI=1S/C14H21NOS/c1-2-15-11-12-5-3-4-6-14(12)17-13-7-9-16-10-8-13/h3-6,13,15H,2,7-11H2,1H3. The third-order valence-corrected chi connectivity index (χ3v) is 4.46. The first-order valence-corrected chi connectivity index (χ1v) is 7.31. The first kappa shape index (κ1) is 12.9. The molecule has 3 heteroatoms. The highest BCUT2D eigenvalue weighted by atomic mass is 32.2. The molecule has 0 aromatic heterocycles. The molecular formula is C14H21NOS. The highest BCUT2D eigenvalue weighted by Gasteiger charge is 2.16. The summed E-state index contributed by atoms with van der Waals surface area (Å²) in [5.74, 6) is 0. The summed E-state index contributed by atoms with van der Waals surface area (Å²) in [6.07, 6.45) is 2.36. The van der Waals surface area contributed by atoms with Crippen molar-refractivity contribution in [3.05, 3.63) is 29.8 Å². The molecule has 2 rings (SSSR count). The van der Waals surface area contributed by atoms with Gasteiger partial charge in [0.15, 0.2) is 0 Å². The largest absolute Gasteiger partial charge is 0.381 e. The summed E-state index contributed by atoms with van der Waals surface area (Å²) in [7, 11) is 0. The SMILES string of the molecule is CCNCc1ccccc1SC1CCOCC1. The van der Waals surface area contributed by atoms with E-state index in [1.54, 1.807) is 0 Å². The third kappa shape index (κ3) is 4.02. The van der Waals surface area contributed by atoms with Crippen molar-refractivity contribution in [1.29, 1.82) is 0 Å². The van der Waals surface area contributed by atoms with E-state index in [0.29, 0.717) is 0 Å². The van der Waals surface area contributed by atoms with Crippen molar-refractivity contribution in [2.45, 2.75) is 36.5 Å². The number of ether oxygens (including phenoxy) is 1. The van der Waals surface area contributed by atoms with Gasteiger partial charge in [-0.05, 0) is 31.0 Å². The molecule has 1 fully saturated rings. The molecule has 0 bridgehead atoms. The predicted molar refractivity (Wildman–Crippen MR) is 73.5 cm³/mol. The van der Waals surface area contributed by atoms with Gasteiger partial charge in [-0.15, -0.1) is 11.8 Å². The second-order valence-corrected chi connectivity index (χ2v) is 5.66. The maximum atomic E-state index is 5.41. The minimum Gasteiger partial charge on any atom is -0.381 e. The van der Waals surface area contributed by atoms with E-state index >= 15 is 0 Å². The van der Waals surface area contributed by atoms with Crippen molar-refractivity contribution in [2.24, 2.45) is 0 Å². The van der Waals surface area contributed by atoms with Crippen molar-refractivity contribution in [1.82, 2.24) is 5.32 Å². The molecular weight excluding hydrogens is 230 g/mol. The van der Waals surface area contributed by atoms with Gasteiger partial charge in [0, 0.05) is 29.9 Å². The Kier molecular flexibility index (Phi) is 5.36. The van der Waals surface area contributed by atoms with Gasteiger partial charge >= 0.3 is 0 Å². The number of benzene rings is 1. The van der Waals surface area contributed by atoms with Gasteiger partial charge in [-0.25, -0.2) is 0 Å². The molecule has 2 nitrogen and oxygen atoms in total. The topological polar surface area (TPSA) is 21.3 Å². The molecule has 0 atom stereocenters. The summed E-state index contributed by atoms with van der Waals surface area (Å²) >= 11 is 2.02. The lowest BCUT2D eigenvalue weighted by molar-refractivity contribution is 0.1000. The van der Waals surface area contributed by atoms with Crippen LogP contribution in [0.2, 0.25) is 0 Å². The van der Waals surface area contributed by atoms with E-state index in [4.69, 9.17) is 4.74 Å². The van der Waals surface area contributed by atoms with Gasteiger partial charge in [0.2, 0.25) is 0 Å². The van der Waals surface area contributed by atoms with Crippen LogP contribution in [0.15, 0.2) is 29.2 Å². The normalized spacial score (nSPS) is 17.2. The van der Waals surface area contributed by atoms with E-state index in [2.05, 4.69) is 36.5 Å². The van der Waals surface area contributed by atoms with Crippen LogP contribution in [0, 0.1) is 0 Å². The second-order valence-electron chi connectivity index (χ2n) is 4.32. The Morgan fingerprint density at radius 2 is 2.06 bits per heavy atom. The van der Waals surface area contributed by atoms with E-state index in [1.165, 1.54) is 23.3 Å². The van der Waals surface area contributed by atoms with Crippen LogP contribution in [-0.2, 0) is 11.3 Å².